The van der Waals surface area contributed by atoms with Crippen LogP contribution < -0.4 is 5.32 Å². The Morgan fingerprint density at radius 1 is 1.30 bits per heavy atom. The van der Waals surface area contributed by atoms with Crippen molar-refractivity contribution in [1.82, 2.24) is 35.1 Å². The molecule has 0 bridgehead atoms. The fraction of sp³-hybridized carbons (Fsp3) is 0.667. The second-order valence-electron chi connectivity index (χ2n) is 7.24. The lowest BCUT2D eigenvalue weighted by Crippen LogP contribution is -2.44. The summed E-state index contributed by atoms with van der Waals surface area (Å²) in [5, 5.41) is 14.9. The molecule has 8 nitrogen and oxygen atoms in total. The van der Waals surface area contributed by atoms with E-state index in [1.54, 1.807) is 11.3 Å². The number of likely N-dealkylation sites (tertiary alicyclic amines) is 2. The Bertz CT molecular complexity index is 739. The van der Waals surface area contributed by atoms with Gasteiger partial charge < -0.3 is 10.2 Å². The standard InChI is InChI=1S/C18H27N7OS/c1-2-19-18(26)23-9-5-15(6-10-23)25-13-14(21-22-25)12-24-8-3-4-16(24)17-20-7-11-27-17/h7,11,13,15-16H,2-6,8-10,12H2,1H3,(H,19,26). The molecule has 27 heavy (non-hydrogen) atoms. The van der Waals surface area contributed by atoms with Gasteiger partial charge in [-0.3, -0.25) is 4.90 Å². The summed E-state index contributed by atoms with van der Waals surface area (Å²) < 4.78 is 2.00. The van der Waals surface area contributed by atoms with Gasteiger partial charge in [0.1, 0.15) is 5.01 Å². The van der Waals surface area contributed by atoms with Gasteiger partial charge in [-0.1, -0.05) is 5.21 Å². The van der Waals surface area contributed by atoms with Crippen LogP contribution in [0, 0.1) is 0 Å². The van der Waals surface area contributed by atoms with Gasteiger partial charge in [-0.15, -0.1) is 16.4 Å². The third kappa shape index (κ3) is 4.14. The second-order valence-corrected chi connectivity index (χ2v) is 8.17. The van der Waals surface area contributed by atoms with Crippen LogP contribution in [0.1, 0.15) is 55.4 Å². The van der Waals surface area contributed by atoms with E-state index in [4.69, 9.17) is 0 Å². The molecule has 9 heteroatoms. The van der Waals surface area contributed by atoms with Crippen LogP contribution in [0.2, 0.25) is 0 Å². The van der Waals surface area contributed by atoms with Crippen molar-refractivity contribution in [2.75, 3.05) is 26.2 Å². The first kappa shape index (κ1) is 18.4. The minimum Gasteiger partial charge on any atom is -0.338 e. The molecule has 146 valence electrons. The number of urea groups is 1. The van der Waals surface area contributed by atoms with Gasteiger partial charge in [0.25, 0.3) is 0 Å². The van der Waals surface area contributed by atoms with Crippen molar-refractivity contribution in [3.63, 3.8) is 0 Å². The van der Waals surface area contributed by atoms with Gasteiger partial charge in [0.15, 0.2) is 0 Å². The van der Waals surface area contributed by atoms with E-state index in [-0.39, 0.29) is 6.03 Å². The first-order chi connectivity index (χ1) is 13.2. The van der Waals surface area contributed by atoms with Gasteiger partial charge in [-0.25, -0.2) is 14.5 Å². The van der Waals surface area contributed by atoms with E-state index in [0.717, 1.165) is 44.7 Å². The molecule has 4 rings (SSSR count). The molecule has 0 aromatic carbocycles. The summed E-state index contributed by atoms with van der Waals surface area (Å²) in [7, 11) is 0. The lowest BCUT2D eigenvalue weighted by atomic mass is 10.1. The van der Waals surface area contributed by atoms with Crippen molar-refractivity contribution in [2.45, 2.75) is 51.2 Å². The Kier molecular flexibility index (Phi) is 5.68. The molecule has 4 heterocycles. The zero-order chi connectivity index (χ0) is 18.6. The Morgan fingerprint density at radius 2 is 2.15 bits per heavy atom. The summed E-state index contributed by atoms with van der Waals surface area (Å²) in [5.41, 5.74) is 1.02. The predicted molar refractivity (Wildman–Crippen MR) is 103 cm³/mol. The van der Waals surface area contributed by atoms with Crippen LogP contribution in [0.25, 0.3) is 0 Å². The molecule has 2 aliphatic rings. The van der Waals surface area contributed by atoms with E-state index in [1.165, 1.54) is 17.8 Å². The number of hydrogen-bond acceptors (Lipinski definition) is 6. The number of aromatic nitrogens is 4. The maximum absolute atomic E-state index is 11.9. The summed E-state index contributed by atoms with van der Waals surface area (Å²) >= 11 is 1.74. The Labute approximate surface area is 163 Å². The molecule has 0 aliphatic carbocycles. The summed E-state index contributed by atoms with van der Waals surface area (Å²) in [5.74, 6) is 0. The minimum atomic E-state index is 0.0393. The topological polar surface area (TPSA) is 79.2 Å². The Hall–Kier alpha value is -2.00. The molecule has 1 N–H and O–H groups in total. The first-order valence-electron chi connectivity index (χ1n) is 9.81. The summed E-state index contributed by atoms with van der Waals surface area (Å²) in [6.45, 7) is 6.06. The number of carbonyl (C=O) groups excluding carboxylic acids is 1. The Morgan fingerprint density at radius 3 is 2.89 bits per heavy atom. The molecule has 2 fully saturated rings. The smallest absolute Gasteiger partial charge is 0.317 e. The van der Waals surface area contributed by atoms with Gasteiger partial charge >= 0.3 is 6.03 Å². The van der Waals surface area contributed by atoms with Gasteiger partial charge in [-0.05, 0) is 39.2 Å². The summed E-state index contributed by atoms with van der Waals surface area (Å²) in [6, 6.07) is 0.776. The average molecular weight is 390 g/mol. The van der Waals surface area contributed by atoms with Crippen LogP contribution in [0.5, 0.6) is 0 Å². The average Bonchev–Trinajstić information content (AvgIpc) is 3.44. The van der Waals surface area contributed by atoms with Crippen LogP contribution in [0.3, 0.4) is 0 Å². The summed E-state index contributed by atoms with van der Waals surface area (Å²) in [4.78, 5) is 20.8. The van der Waals surface area contributed by atoms with E-state index in [1.807, 2.05) is 22.7 Å². The van der Waals surface area contributed by atoms with Crippen LogP contribution in [0.4, 0.5) is 4.79 Å². The number of nitrogens with zero attached hydrogens (tertiary/aromatic N) is 6. The number of carbonyl (C=O) groups is 1. The van der Waals surface area contributed by atoms with Crippen molar-refractivity contribution in [1.29, 1.82) is 0 Å². The SMILES string of the molecule is CCNC(=O)N1CCC(n2cc(CN3CCCC3c3nccs3)nn2)CC1. The highest BCUT2D eigenvalue weighted by Crippen LogP contribution is 2.34. The maximum Gasteiger partial charge on any atom is 0.317 e. The molecular weight excluding hydrogens is 362 g/mol. The lowest BCUT2D eigenvalue weighted by molar-refractivity contribution is 0.168. The third-order valence-corrected chi connectivity index (χ3v) is 6.35. The van der Waals surface area contributed by atoms with E-state index in [2.05, 4.69) is 37.1 Å². The van der Waals surface area contributed by atoms with Crippen molar-refractivity contribution in [2.24, 2.45) is 0 Å². The molecule has 0 radical (unpaired) electrons. The number of piperidine rings is 1. The van der Waals surface area contributed by atoms with Gasteiger partial charge in [0.05, 0.1) is 24.0 Å². The molecule has 2 aromatic rings. The largest absolute Gasteiger partial charge is 0.338 e. The number of amides is 2. The van der Waals surface area contributed by atoms with Crippen LogP contribution in [-0.2, 0) is 6.54 Å². The third-order valence-electron chi connectivity index (χ3n) is 5.48. The monoisotopic (exact) mass is 389 g/mol. The summed E-state index contributed by atoms with van der Waals surface area (Å²) in [6.07, 6.45) is 8.19. The zero-order valence-corrected chi connectivity index (χ0v) is 16.6. The molecule has 1 atom stereocenters. The normalized spacial score (nSPS) is 21.7. The Balaban J connectivity index is 1.33. The molecule has 1 unspecified atom stereocenters. The molecule has 2 aliphatic heterocycles. The molecule has 0 spiro atoms. The highest BCUT2D eigenvalue weighted by atomic mass is 32.1. The van der Waals surface area contributed by atoms with Gasteiger partial charge in [-0.2, -0.15) is 0 Å². The fourth-order valence-electron chi connectivity index (χ4n) is 4.06. The van der Waals surface area contributed by atoms with E-state index in [9.17, 15) is 4.79 Å². The molecule has 2 amide bonds. The minimum absolute atomic E-state index is 0.0393. The number of nitrogens with one attached hydrogen (secondary N) is 1. The number of rotatable bonds is 5. The first-order valence-corrected chi connectivity index (χ1v) is 10.7. The molecular formula is C18H27N7OS. The fourth-order valence-corrected chi connectivity index (χ4v) is 4.87. The molecule has 2 saturated heterocycles. The second kappa shape index (κ2) is 8.35. The predicted octanol–water partition coefficient (Wildman–Crippen LogP) is 2.44. The van der Waals surface area contributed by atoms with Crippen molar-refractivity contribution < 1.29 is 4.79 Å². The number of thiazole rings is 1. The highest BCUT2D eigenvalue weighted by molar-refractivity contribution is 7.09. The van der Waals surface area contributed by atoms with Crippen LogP contribution in [-0.4, -0.2) is 62.0 Å². The van der Waals surface area contributed by atoms with Gasteiger partial charge in [0, 0.05) is 37.8 Å². The van der Waals surface area contributed by atoms with Crippen molar-refractivity contribution in [3.8, 4) is 0 Å². The van der Waals surface area contributed by atoms with E-state index >= 15 is 0 Å². The number of hydrogen-bond donors (Lipinski definition) is 1. The quantitative estimate of drug-likeness (QED) is 0.850. The maximum atomic E-state index is 11.9. The van der Waals surface area contributed by atoms with Crippen molar-refractivity contribution >= 4 is 17.4 Å². The lowest BCUT2D eigenvalue weighted by Gasteiger charge is -2.31. The van der Waals surface area contributed by atoms with Crippen molar-refractivity contribution in [3.05, 3.63) is 28.5 Å². The van der Waals surface area contributed by atoms with Gasteiger partial charge in [0.2, 0.25) is 0 Å². The molecule has 2 aromatic heterocycles. The van der Waals surface area contributed by atoms with Crippen LogP contribution >= 0.6 is 11.3 Å². The van der Waals surface area contributed by atoms with Crippen LogP contribution in [0.15, 0.2) is 17.8 Å². The van der Waals surface area contributed by atoms with E-state index < -0.39 is 0 Å². The highest BCUT2D eigenvalue weighted by Gasteiger charge is 2.29. The van der Waals surface area contributed by atoms with E-state index in [0.29, 0.717) is 18.6 Å². The molecule has 0 saturated carbocycles. The zero-order valence-electron chi connectivity index (χ0n) is 15.8.